The van der Waals surface area contributed by atoms with E-state index in [9.17, 15) is 0 Å². The molecular formula is C24H29N3O2S. The highest BCUT2D eigenvalue weighted by Crippen LogP contribution is 2.29. The number of hydrogen-bond acceptors (Lipinski definition) is 6. The number of hydrogen-bond donors (Lipinski definition) is 0. The van der Waals surface area contributed by atoms with Crippen molar-refractivity contribution >= 4 is 17.0 Å². The minimum atomic E-state index is 0.524. The molecule has 0 atom stereocenters. The van der Waals surface area contributed by atoms with E-state index in [1.165, 1.54) is 11.3 Å². The predicted octanol–water partition coefficient (Wildman–Crippen LogP) is 4.75. The first-order chi connectivity index (χ1) is 14.7. The van der Waals surface area contributed by atoms with Gasteiger partial charge in [0.05, 0.1) is 18.0 Å². The van der Waals surface area contributed by atoms with E-state index in [1.54, 1.807) is 11.3 Å². The lowest BCUT2D eigenvalue weighted by atomic mass is 10.2. The first kappa shape index (κ1) is 20.7. The molecule has 158 valence electrons. The molecule has 4 rings (SSSR count). The van der Waals surface area contributed by atoms with E-state index < -0.39 is 0 Å². The number of nitrogens with zero attached hydrogens (tertiary/aromatic N) is 3. The van der Waals surface area contributed by atoms with Gasteiger partial charge in [-0.05, 0) is 38.1 Å². The van der Waals surface area contributed by atoms with Crippen molar-refractivity contribution in [1.82, 2.24) is 9.88 Å². The molecule has 1 aliphatic heterocycles. The fourth-order valence-electron chi connectivity index (χ4n) is 3.64. The van der Waals surface area contributed by atoms with Gasteiger partial charge in [-0.3, -0.25) is 4.90 Å². The van der Waals surface area contributed by atoms with Crippen LogP contribution in [0.5, 0.6) is 11.5 Å². The second kappa shape index (κ2) is 9.96. The van der Waals surface area contributed by atoms with Gasteiger partial charge in [0.2, 0.25) is 0 Å². The Hall–Kier alpha value is -2.57. The lowest BCUT2D eigenvalue weighted by Crippen LogP contribution is -2.46. The number of aryl methyl sites for hydroxylation is 1. The zero-order valence-corrected chi connectivity index (χ0v) is 18.5. The van der Waals surface area contributed by atoms with Crippen LogP contribution in [0.4, 0.5) is 5.69 Å². The smallest absolute Gasteiger partial charge is 0.142 e. The van der Waals surface area contributed by atoms with Crippen LogP contribution in [0.3, 0.4) is 0 Å². The molecule has 3 aromatic rings. The van der Waals surface area contributed by atoms with Gasteiger partial charge in [0.1, 0.15) is 23.1 Å². The summed E-state index contributed by atoms with van der Waals surface area (Å²) in [7, 11) is 0. The molecule has 2 heterocycles. The van der Waals surface area contributed by atoms with E-state index in [-0.39, 0.29) is 0 Å². The van der Waals surface area contributed by atoms with E-state index in [4.69, 9.17) is 14.5 Å². The van der Waals surface area contributed by atoms with Gasteiger partial charge in [-0.2, -0.15) is 0 Å². The Balaban J connectivity index is 1.27. The van der Waals surface area contributed by atoms with Crippen LogP contribution in [-0.4, -0.2) is 42.7 Å². The molecule has 1 aromatic heterocycles. The summed E-state index contributed by atoms with van der Waals surface area (Å²) in [4.78, 5) is 9.66. The average molecular weight is 424 g/mol. The lowest BCUT2D eigenvalue weighted by Gasteiger charge is -2.36. The van der Waals surface area contributed by atoms with Gasteiger partial charge in [0.25, 0.3) is 0 Å². The Kier molecular flexibility index (Phi) is 6.87. The summed E-state index contributed by atoms with van der Waals surface area (Å²) in [5.74, 6) is 1.87. The highest BCUT2D eigenvalue weighted by molar-refractivity contribution is 7.09. The maximum absolute atomic E-state index is 5.86. The maximum Gasteiger partial charge on any atom is 0.142 e. The van der Waals surface area contributed by atoms with Crippen LogP contribution >= 0.6 is 11.3 Å². The molecule has 0 N–H and O–H groups in total. The molecule has 1 fully saturated rings. The van der Waals surface area contributed by atoms with Crippen molar-refractivity contribution < 1.29 is 9.47 Å². The quantitative estimate of drug-likeness (QED) is 0.523. The van der Waals surface area contributed by atoms with E-state index in [2.05, 4.69) is 52.4 Å². The topological polar surface area (TPSA) is 37.8 Å². The number of ether oxygens (including phenoxy) is 2. The predicted molar refractivity (Wildman–Crippen MR) is 123 cm³/mol. The second-order valence-corrected chi connectivity index (χ2v) is 8.44. The van der Waals surface area contributed by atoms with Crippen molar-refractivity contribution in [3.63, 3.8) is 0 Å². The van der Waals surface area contributed by atoms with Crippen molar-refractivity contribution in [3.8, 4) is 11.5 Å². The summed E-state index contributed by atoms with van der Waals surface area (Å²) < 4.78 is 11.7. The third-order valence-corrected chi connectivity index (χ3v) is 6.12. The van der Waals surface area contributed by atoms with E-state index in [1.807, 2.05) is 25.1 Å². The van der Waals surface area contributed by atoms with E-state index in [0.29, 0.717) is 13.2 Å². The summed E-state index contributed by atoms with van der Waals surface area (Å²) in [5, 5.41) is 3.18. The molecule has 0 amide bonds. The molecule has 0 bridgehead atoms. The molecular weight excluding hydrogens is 394 g/mol. The van der Waals surface area contributed by atoms with Crippen molar-refractivity contribution in [3.05, 3.63) is 70.2 Å². The number of para-hydroxylation sites is 2. The van der Waals surface area contributed by atoms with Gasteiger partial charge in [-0.1, -0.05) is 29.8 Å². The SMILES string of the molecule is CCOc1ccccc1N1CCN(Cc2csc(COc3ccc(C)cc3)n2)CC1. The summed E-state index contributed by atoms with van der Waals surface area (Å²) in [6, 6.07) is 16.5. The summed E-state index contributed by atoms with van der Waals surface area (Å²) >= 11 is 1.68. The molecule has 5 nitrogen and oxygen atoms in total. The van der Waals surface area contributed by atoms with Crippen molar-refractivity contribution in [2.45, 2.75) is 27.0 Å². The normalized spacial score (nSPS) is 14.7. The van der Waals surface area contributed by atoms with Gasteiger partial charge in [0, 0.05) is 38.1 Å². The molecule has 0 unspecified atom stereocenters. The fourth-order valence-corrected chi connectivity index (χ4v) is 4.34. The molecule has 1 saturated heterocycles. The lowest BCUT2D eigenvalue weighted by molar-refractivity contribution is 0.245. The maximum atomic E-state index is 5.86. The second-order valence-electron chi connectivity index (χ2n) is 7.50. The monoisotopic (exact) mass is 423 g/mol. The Bertz CT molecular complexity index is 934. The van der Waals surface area contributed by atoms with Crippen LogP contribution in [-0.2, 0) is 13.2 Å². The molecule has 0 radical (unpaired) electrons. The van der Waals surface area contributed by atoms with Crippen LogP contribution < -0.4 is 14.4 Å². The summed E-state index contributed by atoms with van der Waals surface area (Å²) in [6.07, 6.45) is 0. The molecule has 2 aromatic carbocycles. The van der Waals surface area contributed by atoms with Gasteiger partial charge in [-0.25, -0.2) is 4.98 Å². The van der Waals surface area contributed by atoms with Crippen LogP contribution in [0, 0.1) is 6.92 Å². The zero-order valence-electron chi connectivity index (χ0n) is 17.7. The first-order valence-corrected chi connectivity index (χ1v) is 11.4. The number of thiazole rings is 1. The van der Waals surface area contributed by atoms with Gasteiger partial charge in [-0.15, -0.1) is 11.3 Å². The Morgan fingerprint density at radius 3 is 2.50 bits per heavy atom. The molecule has 30 heavy (non-hydrogen) atoms. The Morgan fingerprint density at radius 2 is 1.73 bits per heavy atom. The molecule has 0 aliphatic carbocycles. The fraction of sp³-hybridized carbons (Fsp3) is 0.375. The van der Waals surface area contributed by atoms with Crippen molar-refractivity contribution in [2.24, 2.45) is 0 Å². The summed E-state index contributed by atoms with van der Waals surface area (Å²) in [6.45, 7) is 10.3. The Labute approximate surface area is 182 Å². The number of rotatable bonds is 8. The third-order valence-electron chi connectivity index (χ3n) is 5.25. The summed E-state index contributed by atoms with van der Waals surface area (Å²) in [5.41, 5.74) is 3.56. The van der Waals surface area contributed by atoms with Crippen molar-refractivity contribution in [1.29, 1.82) is 0 Å². The molecule has 6 heteroatoms. The van der Waals surface area contributed by atoms with Gasteiger partial charge in [0.15, 0.2) is 0 Å². The first-order valence-electron chi connectivity index (χ1n) is 10.5. The molecule has 0 spiro atoms. The zero-order chi connectivity index (χ0) is 20.8. The number of benzene rings is 2. The van der Waals surface area contributed by atoms with Crippen LogP contribution in [0.2, 0.25) is 0 Å². The average Bonchev–Trinajstić information content (AvgIpc) is 3.22. The van der Waals surface area contributed by atoms with Gasteiger partial charge < -0.3 is 14.4 Å². The highest BCUT2D eigenvalue weighted by atomic mass is 32.1. The van der Waals surface area contributed by atoms with Crippen LogP contribution in [0.1, 0.15) is 23.2 Å². The van der Waals surface area contributed by atoms with Gasteiger partial charge >= 0.3 is 0 Å². The van der Waals surface area contributed by atoms with E-state index in [0.717, 1.165) is 54.9 Å². The number of piperazine rings is 1. The largest absolute Gasteiger partial charge is 0.492 e. The molecule has 0 saturated carbocycles. The standard InChI is InChI=1S/C24H29N3O2S/c1-3-28-23-7-5-4-6-22(23)27-14-12-26(13-15-27)16-20-18-30-24(25-20)17-29-21-10-8-19(2)9-11-21/h4-11,18H,3,12-17H2,1-2H3. The minimum absolute atomic E-state index is 0.524. The minimum Gasteiger partial charge on any atom is -0.492 e. The number of aromatic nitrogens is 1. The van der Waals surface area contributed by atoms with E-state index >= 15 is 0 Å². The van der Waals surface area contributed by atoms with Crippen molar-refractivity contribution in [2.75, 3.05) is 37.7 Å². The molecule has 1 aliphatic rings. The van der Waals surface area contributed by atoms with Crippen LogP contribution in [0.15, 0.2) is 53.9 Å². The Morgan fingerprint density at radius 1 is 0.967 bits per heavy atom. The highest BCUT2D eigenvalue weighted by Gasteiger charge is 2.20. The third kappa shape index (κ3) is 5.32. The number of anilines is 1. The van der Waals surface area contributed by atoms with Crippen LogP contribution in [0.25, 0.3) is 0 Å².